The second-order valence-corrected chi connectivity index (χ2v) is 8.02. The average molecular weight is 556 g/mol. The van der Waals surface area contributed by atoms with Crippen LogP contribution in [-0.4, -0.2) is 53.2 Å². The van der Waals surface area contributed by atoms with E-state index in [1.165, 1.54) is 30.3 Å². The number of nitrogens with one attached hydrogen (secondary N) is 2. The Bertz CT molecular complexity index is 1470. The van der Waals surface area contributed by atoms with Gasteiger partial charge in [-0.15, -0.1) is 5.10 Å². The number of nitrogens with two attached hydrogens (primary N) is 1. The summed E-state index contributed by atoms with van der Waals surface area (Å²) in [5, 5.41) is 26.7. The maximum atomic E-state index is 13.4. The van der Waals surface area contributed by atoms with Crippen molar-refractivity contribution in [3.8, 4) is 16.9 Å². The summed E-state index contributed by atoms with van der Waals surface area (Å²) in [7, 11) is 0. The van der Waals surface area contributed by atoms with E-state index in [0.717, 1.165) is 6.20 Å². The Kier molecular flexibility index (Phi) is 7.21. The summed E-state index contributed by atoms with van der Waals surface area (Å²) in [6.07, 6.45) is -3.73. The summed E-state index contributed by atoms with van der Waals surface area (Å²) in [5.41, 5.74) is 5.35. The SMILES string of the molecule is Nc1nc(NCCNc2ncc(-n3nnnc3C(F)(F)F)c(-c3ccc(Cl)cc3Cl)n2)ccc1[N+](=O)[O-]. The number of benzene rings is 1. The summed E-state index contributed by atoms with van der Waals surface area (Å²) in [4.78, 5) is 22.5. The number of nitrogens with zero attached hydrogens (tertiary/aromatic N) is 8. The molecule has 0 atom stereocenters. The number of nitro groups is 1. The lowest BCUT2D eigenvalue weighted by Gasteiger charge is -2.14. The van der Waals surface area contributed by atoms with Gasteiger partial charge in [-0.05, 0) is 34.7 Å². The maximum absolute atomic E-state index is 13.4. The summed E-state index contributed by atoms with van der Waals surface area (Å²) < 4.78 is 40.8. The Hall–Kier alpha value is -4.31. The van der Waals surface area contributed by atoms with Crippen LogP contribution in [0.3, 0.4) is 0 Å². The molecule has 1 aromatic carbocycles. The van der Waals surface area contributed by atoms with Gasteiger partial charge in [0.25, 0.3) is 5.82 Å². The van der Waals surface area contributed by atoms with E-state index in [2.05, 4.69) is 41.1 Å². The van der Waals surface area contributed by atoms with Crippen LogP contribution in [0.1, 0.15) is 5.82 Å². The molecule has 18 heteroatoms. The van der Waals surface area contributed by atoms with E-state index in [4.69, 9.17) is 28.9 Å². The van der Waals surface area contributed by atoms with Crippen LogP contribution in [-0.2, 0) is 6.18 Å². The van der Waals surface area contributed by atoms with Gasteiger partial charge in [-0.1, -0.05) is 23.2 Å². The first-order chi connectivity index (χ1) is 17.5. The third kappa shape index (κ3) is 5.75. The summed E-state index contributed by atoms with van der Waals surface area (Å²) >= 11 is 12.3. The van der Waals surface area contributed by atoms with Crippen LogP contribution >= 0.6 is 23.2 Å². The number of anilines is 3. The number of halogens is 5. The number of alkyl halides is 3. The van der Waals surface area contributed by atoms with Gasteiger partial charge in [0, 0.05) is 29.7 Å². The number of nitrogen functional groups attached to an aromatic ring is 1. The number of rotatable bonds is 8. The molecular weight excluding hydrogens is 542 g/mol. The fourth-order valence-electron chi connectivity index (χ4n) is 3.11. The molecule has 3 aromatic heterocycles. The Morgan fingerprint density at radius 2 is 1.86 bits per heavy atom. The first kappa shape index (κ1) is 25.8. The number of tetrazole rings is 1. The predicted octanol–water partition coefficient (Wildman–Crippen LogP) is 3.85. The topological polar surface area (TPSA) is 175 Å². The van der Waals surface area contributed by atoms with Crippen LogP contribution in [0, 0.1) is 10.1 Å². The minimum atomic E-state index is -4.84. The molecule has 0 aliphatic heterocycles. The Morgan fingerprint density at radius 1 is 1.11 bits per heavy atom. The second-order valence-electron chi connectivity index (χ2n) is 7.18. The molecule has 37 heavy (non-hydrogen) atoms. The molecule has 0 spiro atoms. The van der Waals surface area contributed by atoms with Crippen molar-refractivity contribution in [2.45, 2.75) is 6.18 Å². The van der Waals surface area contributed by atoms with Crippen molar-refractivity contribution in [2.24, 2.45) is 0 Å². The van der Waals surface area contributed by atoms with Gasteiger partial charge in [0.05, 0.1) is 16.1 Å². The number of aromatic nitrogens is 7. The fraction of sp³-hybridized carbons (Fsp3) is 0.158. The average Bonchev–Trinajstić information content (AvgIpc) is 3.32. The molecule has 0 unspecified atom stereocenters. The van der Waals surface area contributed by atoms with Gasteiger partial charge >= 0.3 is 11.9 Å². The summed E-state index contributed by atoms with van der Waals surface area (Å²) in [6, 6.07) is 7.01. The van der Waals surface area contributed by atoms with Crippen LogP contribution in [0.25, 0.3) is 16.9 Å². The van der Waals surface area contributed by atoms with E-state index < -0.39 is 16.9 Å². The first-order valence-corrected chi connectivity index (χ1v) is 10.9. The minimum absolute atomic E-state index is 0.00901. The molecule has 3 heterocycles. The van der Waals surface area contributed by atoms with Gasteiger partial charge in [-0.2, -0.15) is 17.9 Å². The van der Waals surface area contributed by atoms with E-state index in [9.17, 15) is 23.3 Å². The molecule has 0 aliphatic rings. The standard InChI is InChI=1S/C19H14Cl2F3N11O2/c20-9-1-2-10(11(21)7-9)15-13(34-17(19(22,23)24)31-32-33-34)8-28-18(30-15)27-6-5-26-14-4-3-12(35(36)37)16(25)29-14/h1-4,7-8H,5-6H2,(H3,25,26,29)(H,27,28,30). The fourth-order valence-corrected chi connectivity index (χ4v) is 3.60. The zero-order valence-electron chi connectivity index (χ0n) is 18.2. The normalized spacial score (nSPS) is 11.4. The minimum Gasteiger partial charge on any atom is -0.378 e. The zero-order valence-corrected chi connectivity index (χ0v) is 19.8. The Labute approximate surface area is 215 Å². The number of hydrogen-bond donors (Lipinski definition) is 3. The van der Waals surface area contributed by atoms with Crippen molar-refractivity contribution in [1.29, 1.82) is 0 Å². The Morgan fingerprint density at radius 3 is 2.54 bits per heavy atom. The molecule has 4 N–H and O–H groups in total. The summed E-state index contributed by atoms with van der Waals surface area (Å²) in [6.45, 7) is 0.488. The van der Waals surface area contributed by atoms with E-state index >= 15 is 0 Å². The van der Waals surface area contributed by atoms with Crippen molar-refractivity contribution < 1.29 is 18.1 Å². The van der Waals surface area contributed by atoms with Crippen molar-refractivity contribution in [2.75, 3.05) is 29.5 Å². The van der Waals surface area contributed by atoms with Crippen molar-refractivity contribution in [1.82, 2.24) is 35.2 Å². The summed E-state index contributed by atoms with van der Waals surface area (Å²) in [5.74, 6) is -1.26. The lowest BCUT2D eigenvalue weighted by molar-refractivity contribution is -0.384. The van der Waals surface area contributed by atoms with Crippen molar-refractivity contribution >= 4 is 46.5 Å². The molecule has 0 saturated carbocycles. The number of hydrogen-bond acceptors (Lipinski definition) is 11. The lowest BCUT2D eigenvalue weighted by Crippen LogP contribution is -2.18. The highest BCUT2D eigenvalue weighted by molar-refractivity contribution is 6.36. The molecular formula is C19H14Cl2F3N11O2. The monoisotopic (exact) mass is 555 g/mol. The quantitative estimate of drug-likeness (QED) is 0.163. The van der Waals surface area contributed by atoms with Gasteiger partial charge in [0.1, 0.15) is 17.2 Å². The third-order valence-corrected chi connectivity index (χ3v) is 5.27. The molecule has 0 bridgehead atoms. The van der Waals surface area contributed by atoms with Crippen LogP contribution in [0.15, 0.2) is 36.5 Å². The van der Waals surface area contributed by atoms with Crippen molar-refractivity contribution in [3.63, 3.8) is 0 Å². The van der Waals surface area contributed by atoms with Crippen LogP contribution in [0.5, 0.6) is 0 Å². The highest BCUT2D eigenvalue weighted by Crippen LogP contribution is 2.35. The first-order valence-electron chi connectivity index (χ1n) is 10.1. The number of pyridine rings is 1. The zero-order chi connectivity index (χ0) is 26.7. The molecule has 192 valence electrons. The predicted molar refractivity (Wildman–Crippen MR) is 127 cm³/mol. The van der Waals surface area contributed by atoms with Gasteiger partial charge in [0.2, 0.25) is 11.8 Å². The maximum Gasteiger partial charge on any atom is 0.453 e. The van der Waals surface area contributed by atoms with Crippen LogP contribution in [0.4, 0.5) is 36.4 Å². The molecule has 4 aromatic rings. The molecule has 0 fully saturated rings. The highest BCUT2D eigenvalue weighted by Gasteiger charge is 2.39. The van der Waals surface area contributed by atoms with E-state index in [1.54, 1.807) is 0 Å². The highest BCUT2D eigenvalue weighted by atomic mass is 35.5. The molecule has 0 radical (unpaired) electrons. The molecule has 4 rings (SSSR count). The van der Waals surface area contributed by atoms with Gasteiger partial charge < -0.3 is 16.4 Å². The van der Waals surface area contributed by atoms with Crippen LogP contribution < -0.4 is 16.4 Å². The molecule has 0 amide bonds. The lowest BCUT2D eigenvalue weighted by atomic mass is 10.1. The Balaban J connectivity index is 1.58. The van der Waals surface area contributed by atoms with Gasteiger partial charge in [-0.25, -0.2) is 15.0 Å². The third-order valence-electron chi connectivity index (χ3n) is 4.72. The van der Waals surface area contributed by atoms with Gasteiger partial charge in [0.15, 0.2) is 0 Å². The van der Waals surface area contributed by atoms with E-state index in [0.29, 0.717) is 15.5 Å². The van der Waals surface area contributed by atoms with Crippen molar-refractivity contribution in [3.05, 3.63) is 62.5 Å². The molecule has 13 nitrogen and oxygen atoms in total. The van der Waals surface area contributed by atoms with E-state index in [-0.39, 0.29) is 52.5 Å². The smallest absolute Gasteiger partial charge is 0.378 e. The van der Waals surface area contributed by atoms with E-state index in [1.807, 2.05) is 0 Å². The van der Waals surface area contributed by atoms with Crippen LogP contribution in [0.2, 0.25) is 10.0 Å². The largest absolute Gasteiger partial charge is 0.453 e. The molecule has 0 aliphatic carbocycles. The van der Waals surface area contributed by atoms with Gasteiger partial charge in [-0.3, -0.25) is 10.1 Å². The second kappa shape index (κ2) is 10.4. The molecule has 0 saturated heterocycles.